The van der Waals surface area contributed by atoms with Crippen LogP contribution in [0.1, 0.15) is 31.0 Å². The SMILES string of the molecule is COCc1cc(C(C)NCC(C)C#N)ccc1OC. The van der Waals surface area contributed by atoms with Crippen molar-refractivity contribution < 1.29 is 9.47 Å². The molecule has 0 amide bonds. The maximum absolute atomic E-state index is 8.78. The number of rotatable bonds is 7. The molecule has 1 aromatic rings. The number of nitriles is 1. The van der Waals surface area contributed by atoms with Crippen LogP contribution in [0.25, 0.3) is 0 Å². The van der Waals surface area contributed by atoms with Crippen LogP contribution in [-0.2, 0) is 11.3 Å². The molecule has 0 aliphatic carbocycles. The van der Waals surface area contributed by atoms with E-state index in [2.05, 4.69) is 24.4 Å². The van der Waals surface area contributed by atoms with Gasteiger partial charge in [0.15, 0.2) is 0 Å². The Bertz CT molecular complexity index is 440. The zero-order valence-electron chi connectivity index (χ0n) is 12.1. The molecule has 0 heterocycles. The topological polar surface area (TPSA) is 54.3 Å². The van der Waals surface area contributed by atoms with E-state index in [4.69, 9.17) is 14.7 Å². The van der Waals surface area contributed by atoms with Crippen LogP contribution in [0.5, 0.6) is 5.75 Å². The summed E-state index contributed by atoms with van der Waals surface area (Å²) in [6, 6.07) is 8.48. The summed E-state index contributed by atoms with van der Waals surface area (Å²) >= 11 is 0. The molecule has 19 heavy (non-hydrogen) atoms. The quantitative estimate of drug-likeness (QED) is 0.820. The first-order valence-electron chi connectivity index (χ1n) is 6.41. The normalized spacial score (nSPS) is 13.6. The van der Waals surface area contributed by atoms with E-state index in [-0.39, 0.29) is 12.0 Å². The Labute approximate surface area is 115 Å². The number of methoxy groups -OCH3 is 2. The fourth-order valence-electron chi connectivity index (χ4n) is 1.85. The Morgan fingerprint density at radius 2 is 2.05 bits per heavy atom. The first-order chi connectivity index (χ1) is 9.12. The lowest BCUT2D eigenvalue weighted by Gasteiger charge is -2.17. The lowest BCUT2D eigenvalue weighted by Crippen LogP contribution is -2.24. The molecule has 0 aromatic heterocycles. The van der Waals surface area contributed by atoms with E-state index in [0.29, 0.717) is 13.2 Å². The van der Waals surface area contributed by atoms with Crippen LogP contribution in [0.4, 0.5) is 0 Å². The molecule has 0 saturated heterocycles. The largest absolute Gasteiger partial charge is 0.496 e. The molecule has 2 unspecified atom stereocenters. The first kappa shape index (κ1) is 15.5. The third-order valence-corrected chi connectivity index (χ3v) is 3.05. The molecule has 2 atom stereocenters. The van der Waals surface area contributed by atoms with Crippen LogP contribution >= 0.6 is 0 Å². The summed E-state index contributed by atoms with van der Waals surface area (Å²) in [7, 11) is 3.33. The van der Waals surface area contributed by atoms with Gasteiger partial charge in [-0.25, -0.2) is 0 Å². The van der Waals surface area contributed by atoms with Gasteiger partial charge in [0.25, 0.3) is 0 Å². The second kappa shape index (κ2) is 7.78. The molecule has 1 rings (SSSR count). The minimum Gasteiger partial charge on any atom is -0.496 e. The molecule has 0 aliphatic heterocycles. The van der Waals surface area contributed by atoms with Crippen molar-refractivity contribution in [1.29, 1.82) is 5.26 Å². The summed E-state index contributed by atoms with van der Waals surface area (Å²) in [4.78, 5) is 0. The molecule has 0 spiro atoms. The fourth-order valence-corrected chi connectivity index (χ4v) is 1.85. The molecule has 0 bridgehead atoms. The molecular weight excluding hydrogens is 240 g/mol. The summed E-state index contributed by atoms with van der Waals surface area (Å²) in [6.07, 6.45) is 0. The van der Waals surface area contributed by atoms with Crippen LogP contribution in [0, 0.1) is 17.2 Å². The van der Waals surface area contributed by atoms with Crippen LogP contribution in [0.15, 0.2) is 18.2 Å². The van der Waals surface area contributed by atoms with Crippen molar-refractivity contribution in [3.63, 3.8) is 0 Å². The molecule has 0 fully saturated rings. The summed E-state index contributed by atoms with van der Waals surface area (Å²) in [5.74, 6) is 0.849. The van der Waals surface area contributed by atoms with Gasteiger partial charge in [-0.05, 0) is 31.5 Å². The number of hydrogen-bond acceptors (Lipinski definition) is 4. The number of nitrogens with zero attached hydrogens (tertiary/aromatic N) is 1. The van der Waals surface area contributed by atoms with Crippen LogP contribution in [0.2, 0.25) is 0 Å². The van der Waals surface area contributed by atoms with Gasteiger partial charge < -0.3 is 14.8 Å². The van der Waals surface area contributed by atoms with Gasteiger partial charge in [0, 0.05) is 25.3 Å². The highest BCUT2D eigenvalue weighted by molar-refractivity contribution is 5.38. The highest BCUT2D eigenvalue weighted by Crippen LogP contribution is 2.24. The zero-order valence-corrected chi connectivity index (χ0v) is 12.1. The smallest absolute Gasteiger partial charge is 0.124 e. The molecule has 0 saturated carbocycles. The van der Waals surface area contributed by atoms with Crippen molar-refractivity contribution in [3.05, 3.63) is 29.3 Å². The maximum Gasteiger partial charge on any atom is 0.124 e. The molecule has 4 nitrogen and oxygen atoms in total. The van der Waals surface area contributed by atoms with Gasteiger partial charge in [0.1, 0.15) is 5.75 Å². The number of nitrogens with one attached hydrogen (secondary N) is 1. The predicted molar refractivity (Wildman–Crippen MR) is 74.9 cm³/mol. The Morgan fingerprint density at radius 1 is 1.32 bits per heavy atom. The molecule has 4 heteroatoms. The van der Waals surface area contributed by atoms with Crippen molar-refractivity contribution in [2.24, 2.45) is 5.92 Å². The van der Waals surface area contributed by atoms with E-state index in [1.54, 1.807) is 14.2 Å². The maximum atomic E-state index is 8.78. The molecule has 104 valence electrons. The lowest BCUT2D eigenvalue weighted by atomic mass is 10.0. The number of ether oxygens (including phenoxy) is 2. The summed E-state index contributed by atoms with van der Waals surface area (Å²) in [5, 5.41) is 12.1. The van der Waals surface area contributed by atoms with E-state index < -0.39 is 0 Å². The first-order valence-corrected chi connectivity index (χ1v) is 6.41. The fraction of sp³-hybridized carbons (Fsp3) is 0.533. The predicted octanol–water partition coefficient (Wildman–Crippen LogP) is 2.65. The molecule has 1 aromatic carbocycles. The highest BCUT2D eigenvalue weighted by Gasteiger charge is 2.10. The number of benzene rings is 1. The minimum atomic E-state index is 0.0131. The standard InChI is InChI=1S/C15H22N2O2/c1-11(8-16)9-17-12(2)13-5-6-15(19-4)14(7-13)10-18-3/h5-7,11-12,17H,9-10H2,1-4H3. The third-order valence-electron chi connectivity index (χ3n) is 3.05. The van der Waals surface area contributed by atoms with Crippen molar-refractivity contribution in [1.82, 2.24) is 5.32 Å². The third kappa shape index (κ3) is 4.55. The van der Waals surface area contributed by atoms with Gasteiger partial charge in [-0.1, -0.05) is 6.07 Å². The Hall–Kier alpha value is -1.57. The second-order valence-corrected chi connectivity index (χ2v) is 4.66. The van der Waals surface area contributed by atoms with Crippen LogP contribution in [0.3, 0.4) is 0 Å². The zero-order chi connectivity index (χ0) is 14.3. The highest BCUT2D eigenvalue weighted by atomic mass is 16.5. The van der Waals surface area contributed by atoms with Crippen molar-refractivity contribution in [2.45, 2.75) is 26.5 Å². The Balaban J connectivity index is 2.77. The van der Waals surface area contributed by atoms with Crippen molar-refractivity contribution >= 4 is 0 Å². The summed E-state index contributed by atoms with van der Waals surface area (Å²) in [5.41, 5.74) is 2.20. The number of hydrogen-bond donors (Lipinski definition) is 1. The van der Waals surface area contributed by atoms with Gasteiger partial charge in [0.05, 0.1) is 25.7 Å². The Morgan fingerprint density at radius 3 is 2.63 bits per heavy atom. The lowest BCUT2D eigenvalue weighted by molar-refractivity contribution is 0.181. The van der Waals surface area contributed by atoms with Crippen molar-refractivity contribution in [2.75, 3.05) is 20.8 Å². The monoisotopic (exact) mass is 262 g/mol. The van der Waals surface area contributed by atoms with E-state index in [9.17, 15) is 0 Å². The average molecular weight is 262 g/mol. The minimum absolute atomic E-state index is 0.0131. The summed E-state index contributed by atoms with van der Waals surface area (Å²) in [6.45, 7) is 5.20. The van der Waals surface area contributed by atoms with E-state index >= 15 is 0 Å². The summed E-state index contributed by atoms with van der Waals surface area (Å²) < 4.78 is 10.5. The van der Waals surface area contributed by atoms with Gasteiger partial charge in [-0.2, -0.15) is 5.26 Å². The molecule has 0 radical (unpaired) electrons. The van der Waals surface area contributed by atoms with Crippen LogP contribution < -0.4 is 10.1 Å². The van der Waals surface area contributed by atoms with Crippen LogP contribution in [-0.4, -0.2) is 20.8 Å². The average Bonchev–Trinajstić information content (AvgIpc) is 2.44. The molecule has 1 N–H and O–H groups in total. The molecule has 0 aliphatic rings. The van der Waals surface area contributed by atoms with Gasteiger partial charge in [-0.15, -0.1) is 0 Å². The Kier molecular flexibility index (Phi) is 6.34. The van der Waals surface area contributed by atoms with Crippen molar-refractivity contribution in [3.8, 4) is 11.8 Å². The van der Waals surface area contributed by atoms with E-state index in [1.165, 1.54) is 0 Å². The van der Waals surface area contributed by atoms with Gasteiger partial charge in [-0.3, -0.25) is 0 Å². The van der Waals surface area contributed by atoms with Gasteiger partial charge in [0.2, 0.25) is 0 Å². The van der Waals surface area contributed by atoms with Gasteiger partial charge >= 0.3 is 0 Å². The second-order valence-electron chi connectivity index (χ2n) is 4.66. The molecular formula is C15H22N2O2. The van der Waals surface area contributed by atoms with E-state index in [1.807, 2.05) is 19.1 Å². The van der Waals surface area contributed by atoms with E-state index in [0.717, 1.165) is 16.9 Å².